The van der Waals surface area contributed by atoms with Gasteiger partial charge >= 0.3 is 5.97 Å². The van der Waals surface area contributed by atoms with Gasteiger partial charge < -0.3 is 14.5 Å². The van der Waals surface area contributed by atoms with E-state index in [0.29, 0.717) is 19.0 Å². The van der Waals surface area contributed by atoms with Crippen molar-refractivity contribution in [1.29, 1.82) is 0 Å². The normalized spacial score (nSPS) is 12.5. The van der Waals surface area contributed by atoms with Gasteiger partial charge in [-0.3, -0.25) is 4.79 Å². The zero-order chi connectivity index (χ0) is 11.3. The lowest BCUT2D eigenvalue weighted by atomic mass is 10.2. The lowest BCUT2D eigenvalue weighted by Gasteiger charge is -2.08. The summed E-state index contributed by atoms with van der Waals surface area (Å²) >= 11 is 0. The van der Waals surface area contributed by atoms with Crippen molar-refractivity contribution in [2.75, 3.05) is 13.7 Å². The van der Waals surface area contributed by atoms with Crippen molar-refractivity contribution >= 4 is 5.97 Å². The largest absolute Gasteiger partial charge is 0.469 e. The van der Waals surface area contributed by atoms with E-state index in [4.69, 9.17) is 4.42 Å². The summed E-state index contributed by atoms with van der Waals surface area (Å²) < 4.78 is 9.86. The van der Waals surface area contributed by atoms with Crippen molar-refractivity contribution in [1.82, 2.24) is 10.3 Å². The fraction of sp³-hybridized carbons (Fsp3) is 0.600. The molecule has 0 fully saturated rings. The molecule has 0 aromatic carbocycles. The van der Waals surface area contributed by atoms with Gasteiger partial charge in [-0.15, -0.1) is 0 Å². The molecule has 1 N–H and O–H groups in total. The standard InChI is InChI=1S/C10H16N2O3/c1-7(10(13)14-3)4-11-6-9-12-5-8(2)15-9/h5,7,11H,4,6H2,1-3H3. The molecule has 0 aliphatic heterocycles. The van der Waals surface area contributed by atoms with Gasteiger partial charge in [-0.25, -0.2) is 4.98 Å². The average Bonchev–Trinajstić information content (AvgIpc) is 2.63. The maximum atomic E-state index is 11.1. The van der Waals surface area contributed by atoms with Crippen LogP contribution in [0, 0.1) is 12.8 Å². The number of oxazole rings is 1. The van der Waals surface area contributed by atoms with Crippen LogP contribution in [0.1, 0.15) is 18.6 Å². The van der Waals surface area contributed by atoms with Gasteiger partial charge in [-0.05, 0) is 6.92 Å². The highest BCUT2D eigenvalue weighted by molar-refractivity contribution is 5.71. The molecule has 1 aromatic rings. The Bertz CT molecular complexity index is 322. The van der Waals surface area contributed by atoms with Gasteiger partial charge in [0.05, 0.1) is 25.8 Å². The molecule has 0 amide bonds. The van der Waals surface area contributed by atoms with Crippen LogP contribution in [0.5, 0.6) is 0 Å². The fourth-order valence-electron chi connectivity index (χ4n) is 1.16. The molecule has 0 spiro atoms. The predicted octanol–water partition coefficient (Wildman–Crippen LogP) is 0.882. The van der Waals surface area contributed by atoms with Crippen LogP contribution in [0.15, 0.2) is 10.6 Å². The minimum Gasteiger partial charge on any atom is -0.469 e. The Morgan fingerprint density at radius 2 is 2.47 bits per heavy atom. The summed E-state index contributed by atoms with van der Waals surface area (Å²) in [5.74, 6) is 1.04. The summed E-state index contributed by atoms with van der Waals surface area (Å²) in [5, 5.41) is 3.07. The van der Waals surface area contributed by atoms with E-state index >= 15 is 0 Å². The quantitative estimate of drug-likeness (QED) is 0.734. The molecule has 0 bridgehead atoms. The molecule has 0 aliphatic rings. The molecular weight excluding hydrogens is 196 g/mol. The molecule has 1 atom stereocenters. The summed E-state index contributed by atoms with van der Waals surface area (Å²) in [4.78, 5) is 15.1. The van der Waals surface area contributed by atoms with Crippen LogP contribution in [0.2, 0.25) is 0 Å². The topological polar surface area (TPSA) is 64.4 Å². The third kappa shape index (κ3) is 3.71. The number of rotatable bonds is 5. The van der Waals surface area contributed by atoms with E-state index in [1.165, 1.54) is 7.11 Å². The zero-order valence-corrected chi connectivity index (χ0v) is 9.24. The van der Waals surface area contributed by atoms with Crippen LogP contribution in [-0.4, -0.2) is 24.6 Å². The number of ether oxygens (including phenoxy) is 1. The lowest BCUT2D eigenvalue weighted by molar-refractivity contribution is -0.144. The first kappa shape index (κ1) is 11.7. The number of carbonyl (C=O) groups is 1. The predicted molar refractivity (Wildman–Crippen MR) is 54.1 cm³/mol. The summed E-state index contributed by atoms with van der Waals surface area (Å²) in [7, 11) is 1.39. The van der Waals surface area contributed by atoms with Crippen molar-refractivity contribution in [2.24, 2.45) is 5.92 Å². The minimum atomic E-state index is -0.217. The third-order valence-electron chi connectivity index (χ3n) is 2.00. The number of carbonyl (C=O) groups excluding carboxylic acids is 1. The van der Waals surface area contributed by atoms with Crippen molar-refractivity contribution in [3.8, 4) is 0 Å². The van der Waals surface area contributed by atoms with Gasteiger partial charge in [0, 0.05) is 6.54 Å². The molecular formula is C10H16N2O3. The molecule has 0 radical (unpaired) electrons. The second-order valence-corrected chi connectivity index (χ2v) is 3.42. The second-order valence-electron chi connectivity index (χ2n) is 3.42. The van der Waals surface area contributed by atoms with Crippen molar-refractivity contribution < 1.29 is 13.9 Å². The van der Waals surface area contributed by atoms with Crippen LogP contribution in [0.25, 0.3) is 0 Å². The summed E-state index contributed by atoms with van der Waals surface area (Å²) in [6.07, 6.45) is 1.67. The van der Waals surface area contributed by atoms with Gasteiger partial charge in [-0.1, -0.05) is 6.92 Å². The van der Waals surface area contributed by atoms with E-state index in [1.54, 1.807) is 13.1 Å². The van der Waals surface area contributed by atoms with E-state index < -0.39 is 0 Å². The minimum absolute atomic E-state index is 0.161. The van der Waals surface area contributed by atoms with Crippen LogP contribution < -0.4 is 5.32 Å². The molecule has 0 saturated heterocycles. The number of aromatic nitrogens is 1. The van der Waals surface area contributed by atoms with E-state index in [0.717, 1.165) is 5.76 Å². The monoisotopic (exact) mass is 212 g/mol. The van der Waals surface area contributed by atoms with Crippen LogP contribution in [0.4, 0.5) is 0 Å². The maximum absolute atomic E-state index is 11.1. The van der Waals surface area contributed by atoms with Crippen molar-refractivity contribution in [3.63, 3.8) is 0 Å². The number of hydrogen-bond donors (Lipinski definition) is 1. The van der Waals surface area contributed by atoms with E-state index in [2.05, 4.69) is 15.0 Å². The van der Waals surface area contributed by atoms with Gasteiger partial charge in [-0.2, -0.15) is 0 Å². The first-order valence-electron chi connectivity index (χ1n) is 4.83. The number of esters is 1. The zero-order valence-electron chi connectivity index (χ0n) is 9.24. The van der Waals surface area contributed by atoms with Crippen LogP contribution in [0.3, 0.4) is 0 Å². The number of aryl methyl sites for hydroxylation is 1. The highest BCUT2D eigenvalue weighted by Gasteiger charge is 2.12. The molecule has 15 heavy (non-hydrogen) atoms. The highest BCUT2D eigenvalue weighted by atomic mass is 16.5. The van der Waals surface area contributed by atoms with Gasteiger partial charge in [0.25, 0.3) is 0 Å². The molecule has 1 heterocycles. The molecule has 84 valence electrons. The lowest BCUT2D eigenvalue weighted by Crippen LogP contribution is -2.27. The van der Waals surface area contributed by atoms with Gasteiger partial charge in [0.2, 0.25) is 5.89 Å². The summed E-state index contributed by atoms with van der Waals surface area (Å²) in [6, 6.07) is 0. The van der Waals surface area contributed by atoms with Crippen LogP contribution >= 0.6 is 0 Å². The maximum Gasteiger partial charge on any atom is 0.309 e. The first-order chi connectivity index (χ1) is 7.13. The molecule has 0 aliphatic carbocycles. The Kier molecular flexibility index (Phi) is 4.30. The molecule has 1 rings (SSSR count). The Balaban J connectivity index is 2.24. The number of nitrogens with zero attached hydrogens (tertiary/aromatic N) is 1. The Labute approximate surface area is 88.8 Å². The first-order valence-corrected chi connectivity index (χ1v) is 4.83. The number of hydrogen-bond acceptors (Lipinski definition) is 5. The second kappa shape index (κ2) is 5.50. The summed E-state index contributed by atoms with van der Waals surface area (Å²) in [6.45, 7) is 4.72. The Morgan fingerprint density at radius 3 is 3.00 bits per heavy atom. The number of nitrogens with one attached hydrogen (secondary N) is 1. The third-order valence-corrected chi connectivity index (χ3v) is 2.00. The van der Waals surface area contributed by atoms with E-state index in [1.807, 2.05) is 6.92 Å². The van der Waals surface area contributed by atoms with Crippen molar-refractivity contribution in [3.05, 3.63) is 17.8 Å². The SMILES string of the molecule is COC(=O)C(C)CNCc1ncc(C)o1. The van der Waals surface area contributed by atoms with E-state index in [-0.39, 0.29) is 11.9 Å². The summed E-state index contributed by atoms with van der Waals surface area (Å²) in [5.41, 5.74) is 0. The average molecular weight is 212 g/mol. The Hall–Kier alpha value is -1.36. The molecule has 1 aromatic heterocycles. The smallest absolute Gasteiger partial charge is 0.309 e. The Morgan fingerprint density at radius 1 is 1.73 bits per heavy atom. The molecule has 5 nitrogen and oxygen atoms in total. The molecule has 5 heteroatoms. The van der Waals surface area contributed by atoms with Gasteiger partial charge in [0.15, 0.2) is 0 Å². The fourth-order valence-corrected chi connectivity index (χ4v) is 1.16. The van der Waals surface area contributed by atoms with Crippen LogP contribution in [-0.2, 0) is 16.1 Å². The molecule has 0 saturated carbocycles. The number of methoxy groups -OCH3 is 1. The van der Waals surface area contributed by atoms with E-state index in [9.17, 15) is 4.79 Å². The van der Waals surface area contributed by atoms with Gasteiger partial charge in [0.1, 0.15) is 5.76 Å². The van der Waals surface area contributed by atoms with Crippen molar-refractivity contribution in [2.45, 2.75) is 20.4 Å². The highest BCUT2D eigenvalue weighted by Crippen LogP contribution is 2.01. The molecule has 1 unspecified atom stereocenters.